The Balaban J connectivity index is 2.34. The zero-order valence-electron chi connectivity index (χ0n) is 11.2. The second-order valence-electron chi connectivity index (χ2n) is 4.41. The molecule has 1 aromatic heterocycles. The van der Waals surface area contributed by atoms with Gasteiger partial charge in [0.2, 0.25) is 5.95 Å². The normalized spacial score (nSPS) is 11.1. The first-order valence-electron chi connectivity index (χ1n) is 6.63. The van der Waals surface area contributed by atoms with Crippen molar-refractivity contribution < 1.29 is 4.39 Å². The van der Waals surface area contributed by atoms with Gasteiger partial charge in [-0.25, -0.2) is 4.68 Å². The molecule has 1 N–H and O–H groups in total. The van der Waals surface area contributed by atoms with Gasteiger partial charge >= 0.3 is 0 Å². The van der Waals surface area contributed by atoms with Gasteiger partial charge in [-0.05, 0) is 26.8 Å². The highest BCUT2D eigenvalue weighted by Gasteiger charge is 2.12. The quantitative estimate of drug-likeness (QED) is 0.709. The molecule has 0 aromatic carbocycles. The molecule has 0 radical (unpaired) electrons. The van der Waals surface area contributed by atoms with Crippen LogP contribution < -0.4 is 5.32 Å². The van der Waals surface area contributed by atoms with Crippen LogP contribution >= 0.6 is 0 Å². The molecule has 98 valence electrons. The fourth-order valence-corrected chi connectivity index (χ4v) is 1.89. The van der Waals surface area contributed by atoms with E-state index in [0.29, 0.717) is 18.7 Å². The number of hydrogen-bond donors (Lipinski definition) is 1. The van der Waals surface area contributed by atoms with Crippen molar-refractivity contribution in [3.63, 3.8) is 0 Å². The van der Waals surface area contributed by atoms with Crippen LogP contribution in [0.15, 0.2) is 0 Å². The van der Waals surface area contributed by atoms with E-state index >= 15 is 0 Å². The van der Waals surface area contributed by atoms with Crippen LogP contribution in [0.4, 0.5) is 4.39 Å². The molecule has 0 bridgehead atoms. The minimum Gasteiger partial charge on any atom is -0.312 e. The maximum absolute atomic E-state index is 13.8. The molecule has 0 unspecified atom stereocenters. The number of hydrogen-bond acceptors (Lipinski definition) is 2. The smallest absolute Gasteiger partial charge is 0.216 e. The lowest BCUT2D eigenvalue weighted by Crippen LogP contribution is -2.16. The summed E-state index contributed by atoms with van der Waals surface area (Å²) in [6, 6.07) is 0. The topological polar surface area (TPSA) is 29.9 Å². The van der Waals surface area contributed by atoms with E-state index in [-0.39, 0.29) is 5.95 Å². The van der Waals surface area contributed by atoms with Gasteiger partial charge in [0.1, 0.15) is 0 Å². The Hall–Kier alpha value is -0.900. The number of rotatable bonds is 8. The van der Waals surface area contributed by atoms with Crippen LogP contribution in [0.3, 0.4) is 0 Å². The van der Waals surface area contributed by atoms with Crippen LogP contribution in [0, 0.1) is 12.9 Å². The molecule has 0 aliphatic rings. The van der Waals surface area contributed by atoms with Gasteiger partial charge in [0.05, 0.1) is 5.69 Å². The van der Waals surface area contributed by atoms with Crippen LogP contribution in [0.1, 0.15) is 50.8 Å². The van der Waals surface area contributed by atoms with Crippen molar-refractivity contribution >= 4 is 0 Å². The van der Waals surface area contributed by atoms with Crippen LogP contribution in [0.25, 0.3) is 0 Å². The third-order valence-corrected chi connectivity index (χ3v) is 2.99. The van der Waals surface area contributed by atoms with Crippen LogP contribution in [-0.4, -0.2) is 16.3 Å². The van der Waals surface area contributed by atoms with Crippen molar-refractivity contribution in [1.29, 1.82) is 0 Å². The molecule has 0 aliphatic carbocycles. The summed E-state index contributed by atoms with van der Waals surface area (Å²) in [5.41, 5.74) is 1.51. The average molecular weight is 241 g/mol. The Morgan fingerprint density at radius 3 is 2.59 bits per heavy atom. The zero-order valence-corrected chi connectivity index (χ0v) is 11.2. The second kappa shape index (κ2) is 7.43. The molecule has 4 heteroatoms. The van der Waals surface area contributed by atoms with Gasteiger partial charge in [-0.2, -0.15) is 9.49 Å². The van der Waals surface area contributed by atoms with Crippen molar-refractivity contribution in [3.05, 3.63) is 17.2 Å². The summed E-state index contributed by atoms with van der Waals surface area (Å²) in [6.07, 6.45) is 4.94. The number of nitrogens with one attached hydrogen (secondary N) is 1. The maximum Gasteiger partial charge on any atom is 0.216 e. The largest absolute Gasteiger partial charge is 0.312 e. The van der Waals surface area contributed by atoms with Crippen molar-refractivity contribution in [2.24, 2.45) is 0 Å². The molecule has 0 aliphatic heterocycles. The first-order valence-corrected chi connectivity index (χ1v) is 6.63. The SMILES string of the molecule is CCCCCCNCc1c(C)nn(CC)c1F. The number of nitrogens with zero attached hydrogens (tertiary/aromatic N) is 2. The Bertz CT molecular complexity index is 334. The van der Waals surface area contributed by atoms with Gasteiger partial charge in [0, 0.05) is 18.7 Å². The molecule has 0 saturated heterocycles. The third-order valence-electron chi connectivity index (χ3n) is 2.99. The van der Waals surface area contributed by atoms with E-state index in [0.717, 1.165) is 18.7 Å². The highest BCUT2D eigenvalue weighted by Crippen LogP contribution is 2.11. The van der Waals surface area contributed by atoms with Gasteiger partial charge in [-0.15, -0.1) is 0 Å². The minimum atomic E-state index is -0.189. The van der Waals surface area contributed by atoms with Gasteiger partial charge < -0.3 is 5.32 Å². The molecular formula is C13H24FN3. The van der Waals surface area contributed by atoms with E-state index in [1.807, 2.05) is 13.8 Å². The fourth-order valence-electron chi connectivity index (χ4n) is 1.89. The highest BCUT2D eigenvalue weighted by molar-refractivity contribution is 5.17. The molecular weight excluding hydrogens is 217 g/mol. The lowest BCUT2D eigenvalue weighted by molar-refractivity contribution is 0.459. The fraction of sp³-hybridized carbons (Fsp3) is 0.769. The summed E-state index contributed by atoms with van der Waals surface area (Å²) in [5, 5.41) is 7.44. The van der Waals surface area contributed by atoms with E-state index < -0.39 is 0 Å². The summed E-state index contributed by atoms with van der Waals surface area (Å²) in [5.74, 6) is -0.189. The lowest BCUT2D eigenvalue weighted by atomic mass is 10.2. The number of halogens is 1. The molecule has 1 heterocycles. The summed E-state index contributed by atoms with van der Waals surface area (Å²) in [6.45, 7) is 8.09. The molecule has 1 rings (SSSR count). The van der Waals surface area contributed by atoms with Crippen molar-refractivity contribution in [3.8, 4) is 0 Å². The van der Waals surface area contributed by atoms with Gasteiger partial charge in [-0.3, -0.25) is 0 Å². The van der Waals surface area contributed by atoms with Crippen molar-refractivity contribution in [1.82, 2.24) is 15.1 Å². The number of aromatic nitrogens is 2. The van der Waals surface area contributed by atoms with Crippen LogP contribution in [0.5, 0.6) is 0 Å². The van der Waals surface area contributed by atoms with E-state index in [1.54, 1.807) is 0 Å². The van der Waals surface area contributed by atoms with E-state index in [2.05, 4.69) is 17.3 Å². The molecule has 17 heavy (non-hydrogen) atoms. The van der Waals surface area contributed by atoms with Gasteiger partial charge in [0.25, 0.3) is 0 Å². The Labute approximate surface area is 103 Å². The van der Waals surface area contributed by atoms with Crippen molar-refractivity contribution in [2.75, 3.05) is 6.54 Å². The number of unbranched alkanes of at least 4 members (excludes halogenated alkanes) is 3. The first kappa shape index (κ1) is 14.2. The Kier molecular flexibility index (Phi) is 6.19. The number of aryl methyl sites for hydroxylation is 2. The van der Waals surface area contributed by atoms with Crippen LogP contribution in [-0.2, 0) is 13.1 Å². The highest BCUT2D eigenvalue weighted by atomic mass is 19.1. The standard InChI is InChI=1S/C13H24FN3/c1-4-6-7-8-9-15-10-12-11(3)16-17(5-2)13(12)14/h15H,4-10H2,1-3H3. The second-order valence-corrected chi connectivity index (χ2v) is 4.41. The predicted molar refractivity (Wildman–Crippen MR) is 68.4 cm³/mol. The first-order chi connectivity index (χ1) is 8.20. The Morgan fingerprint density at radius 1 is 1.24 bits per heavy atom. The summed E-state index contributed by atoms with van der Waals surface area (Å²) < 4.78 is 15.2. The molecule has 3 nitrogen and oxygen atoms in total. The zero-order chi connectivity index (χ0) is 12.7. The molecule has 0 fully saturated rings. The molecule has 0 saturated carbocycles. The lowest BCUT2D eigenvalue weighted by Gasteiger charge is -2.04. The van der Waals surface area contributed by atoms with E-state index in [9.17, 15) is 4.39 Å². The average Bonchev–Trinajstić information content (AvgIpc) is 2.60. The van der Waals surface area contributed by atoms with Crippen molar-refractivity contribution in [2.45, 2.75) is 59.5 Å². The predicted octanol–water partition coefficient (Wildman–Crippen LogP) is 3.02. The third kappa shape index (κ3) is 4.11. The summed E-state index contributed by atoms with van der Waals surface area (Å²) in [7, 11) is 0. The summed E-state index contributed by atoms with van der Waals surface area (Å²) in [4.78, 5) is 0. The van der Waals surface area contributed by atoms with Gasteiger partial charge in [0.15, 0.2) is 0 Å². The van der Waals surface area contributed by atoms with Gasteiger partial charge in [-0.1, -0.05) is 26.2 Å². The minimum absolute atomic E-state index is 0.189. The Morgan fingerprint density at radius 2 is 2.00 bits per heavy atom. The van der Waals surface area contributed by atoms with E-state index in [4.69, 9.17) is 0 Å². The molecule has 0 amide bonds. The molecule has 1 aromatic rings. The molecule has 0 atom stereocenters. The summed E-state index contributed by atoms with van der Waals surface area (Å²) >= 11 is 0. The van der Waals surface area contributed by atoms with Crippen LogP contribution in [0.2, 0.25) is 0 Å². The maximum atomic E-state index is 13.8. The monoisotopic (exact) mass is 241 g/mol. The molecule has 0 spiro atoms. The van der Waals surface area contributed by atoms with E-state index in [1.165, 1.54) is 23.9 Å².